The molecule has 0 bridgehead atoms. The number of carbonyl (C=O) groups is 1. The third kappa shape index (κ3) is 4.75. The summed E-state index contributed by atoms with van der Waals surface area (Å²) in [5, 5.41) is 0.693. The minimum Gasteiger partial charge on any atom is -0.379 e. The Hall–Kier alpha value is -2.62. The number of amides is 1. The average Bonchev–Trinajstić information content (AvgIpc) is 3.10. The molecule has 0 saturated carbocycles. The van der Waals surface area contributed by atoms with Crippen molar-refractivity contribution in [1.82, 2.24) is 4.90 Å². The van der Waals surface area contributed by atoms with Crippen LogP contribution in [0.4, 0.5) is 0 Å². The number of ether oxygens (including phenoxy) is 1. The second kappa shape index (κ2) is 8.63. The summed E-state index contributed by atoms with van der Waals surface area (Å²) in [7, 11) is -3.90. The topological polar surface area (TPSA) is 85.3 Å². The van der Waals surface area contributed by atoms with Gasteiger partial charge in [0, 0.05) is 13.1 Å². The molecule has 2 aromatic rings. The van der Waals surface area contributed by atoms with Gasteiger partial charge in [-0.15, -0.1) is 0 Å². The SMILES string of the molecule is Cc1ccc(S(=O)(=O)Oc2ccc(/C=C3\SC(N4CCOCC4)=NC3=O)cc2)cc1. The highest BCUT2D eigenvalue weighted by Crippen LogP contribution is 2.31. The molecule has 4 rings (SSSR count). The van der Waals surface area contributed by atoms with Crippen LogP contribution in [0.1, 0.15) is 11.1 Å². The Balaban J connectivity index is 1.44. The maximum Gasteiger partial charge on any atom is 0.339 e. The van der Waals surface area contributed by atoms with Crippen molar-refractivity contribution in [2.45, 2.75) is 11.8 Å². The average molecular weight is 445 g/mol. The molecule has 1 saturated heterocycles. The zero-order chi connectivity index (χ0) is 21.1. The van der Waals surface area contributed by atoms with Crippen molar-refractivity contribution >= 4 is 39.0 Å². The van der Waals surface area contributed by atoms with Crippen molar-refractivity contribution in [1.29, 1.82) is 0 Å². The fourth-order valence-corrected chi connectivity index (χ4v) is 4.83. The smallest absolute Gasteiger partial charge is 0.339 e. The van der Waals surface area contributed by atoms with Gasteiger partial charge in [0.2, 0.25) is 0 Å². The van der Waals surface area contributed by atoms with Crippen LogP contribution in [0.2, 0.25) is 0 Å². The van der Waals surface area contributed by atoms with E-state index >= 15 is 0 Å². The number of benzene rings is 2. The van der Waals surface area contributed by atoms with Gasteiger partial charge in [0.25, 0.3) is 5.91 Å². The summed E-state index contributed by atoms with van der Waals surface area (Å²) in [5.74, 6) is -0.0721. The number of amidine groups is 1. The Morgan fingerprint density at radius 1 is 1.07 bits per heavy atom. The number of hydrogen-bond acceptors (Lipinski definition) is 7. The number of aryl methyl sites for hydroxylation is 1. The monoisotopic (exact) mass is 444 g/mol. The van der Waals surface area contributed by atoms with E-state index in [1.165, 1.54) is 23.9 Å². The third-order valence-corrected chi connectivity index (χ3v) is 6.89. The first kappa shape index (κ1) is 20.6. The molecule has 0 atom stereocenters. The van der Waals surface area contributed by atoms with Gasteiger partial charge in [-0.3, -0.25) is 4.79 Å². The highest BCUT2D eigenvalue weighted by atomic mass is 32.2. The molecule has 9 heteroatoms. The molecule has 2 aromatic carbocycles. The van der Waals surface area contributed by atoms with E-state index in [0.29, 0.717) is 36.4 Å². The van der Waals surface area contributed by atoms with Crippen LogP contribution in [0, 0.1) is 6.92 Å². The van der Waals surface area contributed by atoms with Gasteiger partial charge in [0.05, 0.1) is 18.1 Å². The van der Waals surface area contributed by atoms with Gasteiger partial charge in [-0.1, -0.05) is 29.8 Å². The zero-order valence-electron chi connectivity index (χ0n) is 16.3. The Bertz CT molecular complexity index is 1100. The Kier molecular flexibility index (Phi) is 5.94. The van der Waals surface area contributed by atoms with Crippen molar-refractivity contribution in [3.05, 3.63) is 64.6 Å². The summed E-state index contributed by atoms with van der Waals surface area (Å²) >= 11 is 1.34. The molecule has 0 aliphatic carbocycles. The Labute approximate surface area is 179 Å². The number of morpholine rings is 1. The van der Waals surface area contributed by atoms with Crippen molar-refractivity contribution in [3.8, 4) is 5.75 Å². The third-order valence-electron chi connectivity index (χ3n) is 4.58. The molecular weight excluding hydrogens is 424 g/mol. The summed E-state index contributed by atoms with van der Waals surface area (Å²) in [6.07, 6.45) is 1.74. The highest BCUT2D eigenvalue weighted by molar-refractivity contribution is 8.18. The van der Waals surface area contributed by atoms with Gasteiger partial charge in [0.15, 0.2) is 5.17 Å². The molecule has 2 heterocycles. The molecule has 1 amide bonds. The lowest BCUT2D eigenvalue weighted by atomic mass is 10.2. The number of thioether (sulfide) groups is 1. The second-order valence-electron chi connectivity index (χ2n) is 6.83. The van der Waals surface area contributed by atoms with E-state index in [9.17, 15) is 13.2 Å². The van der Waals surface area contributed by atoms with E-state index in [0.717, 1.165) is 11.1 Å². The fraction of sp³-hybridized carbons (Fsp3) is 0.238. The molecule has 0 unspecified atom stereocenters. The lowest BCUT2D eigenvalue weighted by molar-refractivity contribution is -0.113. The summed E-state index contributed by atoms with van der Waals surface area (Å²) in [6.45, 7) is 4.56. The summed E-state index contributed by atoms with van der Waals surface area (Å²) in [5.41, 5.74) is 1.72. The first-order valence-corrected chi connectivity index (χ1v) is 11.6. The van der Waals surface area contributed by atoms with Crippen molar-refractivity contribution in [2.24, 2.45) is 4.99 Å². The van der Waals surface area contributed by atoms with Crippen LogP contribution in [0.15, 0.2) is 63.3 Å². The van der Waals surface area contributed by atoms with Crippen LogP contribution < -0.4 is 4.18 Å². The van der Waals surface area contributed by atoms with E-state index in [1.54, 1.807) is 42.5 Å². The van der Waals surface area contributed by atoms with Crippen LogP contribution in [0.5, 0.6) is 5.75 Å². The molecule has 30 heavy (non-hydrogen) atoms. The molecule has 156 valence electrons. The molecule has 0 spiro atoms. The highest BCUT2D eigenvalue weighted by Gasteiger charge is 2.27. The van der Waals surface area contributed by atoms with E-state index in [1.807, 2.05) is 11.8 Å². The molecule has 0 aromatic heterocycles. The van der Waals surface area contributed by atoms with Gasteiger partial charge >= 0.3 is 10.1 Å². The van der Waals surface area contributed by atoms with E-state index in [2.05, 4.69) is 4.99 Å². The predicted octanol–water partition coefficient (Wildman–Crippen LogP) is 3.07. The van der Waals surface area contributed by atoms with Crippen LogP contribution in [0.25, 0.3) is 6.08 Å². The molecule has 1 fully saturated rings. The van der Waals surface area contributed by atoms with E-state index in [-0.39, 0.29) is 16.6 Å². The van der Waals surface area contributed by atoms with Gasteiger partial charge in [0.1, 0.15) is 10.6 Å². The number of rotatable bonds is 4. The Morgan fingerprint density at radius 3 is 2.40 bits per heavy atom. The van der Waals surface area contributed by atoms with Gasteiger partial charge in [-0.25, -0.2) is 0 Å². The molecule has 0 radical (unpaired) electrons. The largest absolute Gasteiger partial charge is 0.379 e. The van der Waals surface area contributed by atoms with Crippen LogP contribution in [0.3, 0.4) is 0 Å². The lowest BCUT2D eigenvalue weighted by Gasteiger charge is -2.27. The lowest BCUT2D eigenvalue weighted by Crippen LogP contribution is -2.38. The van der Waals surface area contributed by atoms with Crippen LogP contribution >= 0.6 is 11.8 Å². The minimum atomic E-state index is -3.90. The molecule has 7 nitrogen and oxygen atoms in total. The van der Waals surface area contributed by atoms with Crippen molar-refractivity contribution in [2.75, 3.05) is 26.3 Å². The standard InChI is InChI=1S/C21H20N2O5S2/c1-15-2-8-18(9-3-15)30(25,26)28-17-6-4-16(5-7-17)14-19-20(24)22-21(29-19)23-10-12-27-13-11-23/h2-9,14H,10-13H2,1H3/b19-14-. The summed E-state index contributed by atoms with van der Waals surface area (Å²) < 4.78 is 35.3. The normalized spacial score (nSPS) is 18.6. The molecular formula is C21H20N2O5S2. The quantitative estimate of drug-likeness (QED) is 0.529. The summed E-state index contributed by atoms with van der Waals surface area (Å²) in [6, 6.07) is 13.0. The first-order valence-electron chi connectivity index (χ1n) is 9.37. The second-order valence-corrected chi connectivity index (χ2v) is 9.38. The minimum absolute atomic E-state index is 0.0973. The van der Waals surface area contributed by atoms with Gasteiger partial charge < -0.3 is 13.8 Å². The molecule has 2 aliphatic rings. The van der Waals surface area contributed by atoms with Gasteiger partial charge in [-0.2, -0.15) is 13.4 Å². The van der Waals surface area contributed by atoms with Crippen LogP contribution in [-0.2, 0) is 19.6 Å². The fourth-order valence-electron chi connectivity index (χ4n) is 2.94. The van der Waals surface area contributed by atoms with Crippen molar-refractivity contribution in [3.63, 3.8) is 0 Å². The molecule has 0 N–H and O–H groups in total. The summed E-state index contributed by atoms with van der Waals surface area (Å²) in [4.78, 5) is 19.0. The maximum atomic E-state index is 12.4. The predicted molar refractivity (Wildman–Crippen MR) is 116 cm³/mol. The van der Waals surface area contributed by atoms with E-state index in [4.69, 9.17) is 8.92 Å². The number of nitrogens with zero attached hydrogens (tertiary/aromatic N) is 2. The number of hydrogen-bond donors (Lipinski definition) is 0. The molecule has 2 aliphatic heterocycles. The maximum absolute atomic E-state index is 12.4. The Morgan fingerprint density at radius 2 is 1.73 bits per heavy atom. The number of aliphatic imine (C=N–C) groups is 1. The first-order chi connectivity index (χ1) is 14.4. The van der Waals surface area contributed by atoms with Crippen molar-refractivity contribution < 1.29 is 22.1 Å². The van der Waals surface area contributed by atoms with E-state index < -0.39 is 10.1 Å². The van der Waals surface area contributed by atoms with Crippen LogP contribution in [-0.4, -0.2) is 50.7 Å². The number of carbonyl (C=O) groups excluding carboxylic acids is 1. The van der Waals surface area contributed by atoms with Gasteiger partial charge in [-0.05, 0) is 54.6 Å². The zero-order valence-corrected chi connectivity index (χ0v) is 17.9.